The molecule has 0 N–H and O–H groups in total. The van der Waals surface area contributed by atoms with Gasteiger partial charge in [-0.05, 0) is 35.0 Å². The molecular weight excluding hydrogens is 180 g/mol. The highest BCUT2D eigenvalue weighted by Gasteiger charge is 2.24. The lowest BCUT2D eigenvalue weighted by Gasteiger charge is -2.14. The van der Waals surface area contributed by atoms with E-state index in [2.05, 4.69) is 52.0 Å². The fourth-order valence-corrected chi connectivity index (χ4v) is 2.61. The maximum absolute atomic E-state index is 2.31. The summed E-state index contributed by atoms with van der Waals surface area (Å²) in [6.45, 7) is 9.23. The Morgan fingerprint density at radius 1 is 0.933 bits per heavy atom. The molecule has 0 heteroatoms. The van der Waals surface area contributed by atoms with Crippen molar-refractivity contribution < 1.29 is 0 Å². The van der Waals surface area contributed by atoms with Crippen LogP contribution < -0.4 is 0 Å². The molecule has 15 heavy (non-hydrogen) atoms. The predicted octanol–water partition coefficient (Wildman–Crippen LogP) is 4.31. The quantitative estimate of drug-likeness (QED) is 0.667. The van der Waals surface area contributed by atoms with E-state index in [4.69, 9.17) is 0 Å². The Morgan fingerprint density at radius 2 is 1.60 bits per heavy atom. The maximum Gasteiger partial charge on any atom is -0.00523 e. The second-order valence-corrected chi connectivity index (χ2v) is 5.08. The number of hydrogen-bond donors (Lipinski definition) is 0. The molecule has 0 amide bonds. The molecular formula is C15H20. The van der Waals surface area contributed by atoms with E-state index in [-0.39, 0.29) is 0 Å². The average molecular weight is 200 g/mol. The number of fused-ring (bicyclic) bond motifs is 1. The Hall–Kier alpha value is -1.04. The first-order valence-electron chi connectivity index (χ1n) is 5.92. The maximum atomic E-state index is 2.31. The van der Waals surface area contributed by atoms with Crippen molar-refractivity contribution in [2.24, 2.45) is 11.8 Å². The molecule has 0 fully saturated rings. The van der Waals surface area contributed by atoms with Crippen LogP contribution in [-0.4, -0.2) is 0 Å². The summed E-state index contributed by atoms with van der Waals surface area (Å²) >= 11 is 0. The van der Waals surface area contributed by atoms with E-state index in [0.29, 0.717) is 11.8 Å². The summed E-state index contributed by atoms with van der Waals surface area (Å²) in [6, 6.07) is 8.86. The third kappa shape index (κ3) is 1.73. The first-order chi connectivity index (χ1) is 7.11. The summed E-state index contributed by atoms with van der Waals surface area (Å²) in [5.74, 6) is 1.32. The molecule has 0 bridgehead atoms. The van der Waals surface area contributed by atoms with Crippen LogP contribution in [0.5, 0.6) is 0 Å². The minimum Gasteiger partial charge on any atom is -0.0619 e. The topological polar surface area (TPSA) is 0 Å². The van der Waals surface area contributed by atoms with Gasteiger partial charge in [-0.1, -0.05) is 57.5 Å². The zero-order valence-corrected chi connectivity index (χ0v) is 10.2. The van der Waals surface area contributed by atoms with Crippen LogP contribution in [-0.2, 0) is 6.42 Å². The minimum absolute atomic E-state index is 0.644. The number of benzene rings is 1. The second kappa shape index (κ2) is 3.84. The molecule has 0 unspecified atom stereocenters. The van der Waals surface area contributed by atoms with Crippen molar-refractivity contribution in [1.82, 2.24) is 0 Å². The van der Waals surface area contributed by atoms with Crippen molar-refractivity contribution in [3.63, 3.8) is 0 Å². The van der Waals surface area contributed by atoms with Crippen LogP contribution in [0.4, 0.5) is 0 Å². The van der Waals surface area contributed by atoms with Crippen LogP contribution in [0.25, 0.3) is 5.57 Å². The van der Waals surface area contributed by atoms with Gasteiger partial charge in [-0.3, -0.25) is 0 Å². The summed E-state index contributed by atoms with van der Waals surface area (Å²) < 4.78 is 0. The van der Waals surface area contributed by atoms with E-state index < -0.39 is 0 Å². The molecule has 80 valence electrons. The van der Waals surface area contributed by atoms with Crippen molar-refractivity contribution >= 4 is 5.57 Å². The molecule has 1 aliphatic carbocycles. The largest absolute Gasteiger partial charge is 0.0619 e. The molecule has 1 aromatic carbocycles. The molecule has 0 nitrogen and oxygen atoms in total. The van der Waals surface area contributed by atoms with Crippen LogP contribution in [0.2, 0.25) is 0 Å². The van der Waals surface area contributed by atoms with E-state index in [9.17, 15) is 0 Å². The fourth-order valence-electron chi connectivity index (χ4n) is 2.61. The summed E-state index contributed by atoms with van der Waals surface area (Å²) in [6.07, 6.45) is 1.17. The summed E-state index contributed by atoms with van der Waals surface area (Å²) in [4.78, 5) is 0. The fraction of sp³-hybridized carbons (Fsp3) is 0.467. The van der Waals surface area contributed by atoms with E-state index in [1.54, 1.807) is 11.1 Å². The average Bonchev–Trinajstić information content (AvgIpc) is 2.56. The zero-order valence-electron chi connectivity index (χ0n) is 10.2. The summed E-state index contributed by atoms with van der Waals surface area (Å²) in [7, 11) is 0. The summed E-state index contributed by atoms with van der Waals surface area (Å²) in [5.41, 5.74) is 6.26. The molecule has 0 saturated carbocycles. The van der Waals surface area contributed by atoms with Crippen molar-refractivity contribution in [3.05, 3.63) is 41.0 Å². The van der Waals surface area contributed by atoms with Crippen LogP contribution in [0, 0.1) is 11.8 Å². The summed E-state index contributed by atoms with van der Waals surface area (Å²) in [5, 5.41) is 0. The Morgan fingerprint density at radius 3 is 2.20 bits per heavy atom. The van der Waals surface area contributed by atoms with Crippen molar-refractivity contribution in [2.45, 2.75) is 34.1 Å². The Kier molecular flexibility index (Phi) is 2.68. The van der Waals surface area contributed by atoms with Crippen LogP contribution >= 0.6 is 0 Å². The molecule has 1 aromatic rings. The number of rotatable bonds is 2. The van der Waals surface area contributed by atoms with Gasteiger partial charge < -0.3 is 0 Å². The van der Waals surface area contributed by atoms with Gasteiger partial charge in [0.25, 0.3) is 0 Å². The van der Waals surface area contributed by atoms with Crippen LogP contribution in [0.1, 0.15) is 38.8 Å². The van der Waals surface area contributed by atoms with Gasteiger partial charge >= 0.3 is 0 Å². The smallest absolute Gasteiger partial charge is 0.00523 e. The first kappa shape index (κ1) is 10.5. The number of allylic oxidation sites excluding steroid dienone is 2. The lowest BCUT2D eigenvalue weighted by molar-refractivity contribution is 0.734. The molecule has 2 rings (SSSR count). The molecule has 0 heterocycles. The molecule has 0 aromatic heterocycles. The zero-order chi connectivity index (χ0) is 11.0. The first-order valence-corrected chi connectivity index (χ1v) is 5.92. The third-order valence-corrected chi connectivity index (χ3v) is 3.31. The van der Waals surface area contributed by atoms with Crippen LogP contribution in [0.3, 0.4) is 0 Å². The molecule has 0 saturated heterocycles. The normalized spacial score (nSPS) is 15.3. The van der Waals surface area contributed by atoms with Gasteiger partial charge in [0, 0.05) is 0 Å². The highest BCUT2D eigenvalue weighted by molar-refractivity contribution is 5.77. The van der Waals surface area contributed by atoms with Gasteiger partial charge in [-0.2, -0.15) is 0 Å². The van der Waals surface area contributed by atoms with Crippen molar-refractivity contribution in [1.29, 1.82) is 0 Å². The SMILES string of the molecule is CC(C)C1=C(C(C)C)c2ccccc2C1. The molecule has 1 aliphatic rings. The van der Waals surface area contributed by atoms with Crippen molar-refractivity contribution in [3.8, 4) is 0 Å². The molecule has 0 aliphatic heterocycles. The highest BCUT2D eigenvalue weighted by atomic mass is 14.3. The second-order valence-electron chi connectivity index (χ2n) is 5.08. The van der Waals surface area contributed by atoms with Crippen LogP contribution in [0.15, 0.2) is 29.8 Å². The Bertz CT molecular complexity index is 394. The van der Waals surface area contributed by atoms with E-state index in [0.717, 1.165) is 0 Å². The minimum atomic E-state index is 0.644. The van der Waals surface area contributed by atoms with Crippen molar-refractivity contribution in [2.75, 3.05) is 0 Å². The Labute approximate surface area is 93.0 Å². The molecule has 0 spiro atoms. The predicted molar refractivity (Wildman–Crippen MR) is 66.7 cm³/mol. The standard InChI is InChI=1S/C15H20/c1-10(2)14-9-12-7-5-6-8-13(12)15(14)11(3)4/h5-8,10-11H,9H2,1-4H3. The third-order valence-electron chi connectivity index (χ3n) is 3.31. The molecule has 0 atom stereocenters. The van der Waals surface area contributed by atoms with Gasteiger partial charge in [0.2, 0.25) is 0 Å². The van der Waals surface area contributed by atoms with Gasteiger partial charge in [-0.15, -0.1) is 0 Å². The van der Waals surface area contributed by atoms with E-state index in [1.807, 2.05) is 0 Å². The highest BCUT2D eigenvalue weighted by Crippen LogP contribution is 2.40. The van der Waals surface area contributed by atoms with Gasteiger partial charge in [-0.25, -0.2) is 0 Å². The van der Waals surface area contributed by atoms with Gasteiger partial charge in [0.15, 0.2) is 0 Å². The molecule has 0 radical (unpaired) electrons. The lowest BCUT2D eigenvalue weighted by atomic mass is 9.91. The van der Waals surface area contributed by atoms with E-state index in [1.165, 1.54) is 17.5 Å². The monoisotopic (exact) mass is 200 g/mol. The lowest BCUT2D eigenvalue weighted by Crippen LogP contribution is -1.99. The Balaban J connectivity index is 2.53. The van der Waals surface area contributed by atoms with Gasteiger partial charge in [0.05, 0.1) is 0 Å². The van der Waals surface area contributed by atoms with Gasteiger partial charge in [0.1, 0.15) is 0 Å². The number of hydrogen-bond acceptors (Lipinski definition) is 0. The van der Waals surface area contributed by atoms with E-state index >= 15 is 0 Å².